The topological polar surface area (TPSA) is 36.1 Å². The molecule has 0 bridgehead atoms. The molecule has 0 radical (unpaired) electrons. The van der Waals surface area contributed by atoms with E-state index >= 15 is 0 Å². The van der Waals surface area contributed by atoms with Crippen LogP contribution in [-0.2, 0) is 4.74 Å². The van der Waals surface area contributed by atoms with Crippen molar-refractivity contribution in [3.63, 3.8) is 0 Å². The average molecular weight is 142 g/mol. The van der Waals surface area contributed by atoms with Crippen LogP contribution in [-0.4, -0.2) is 29.6 Å². The van der Waals surface area contributed by atoms with Crippen LogP contribution in [0.15, 0.2) is 0 Å². The lowest BCUT2D eigenvalue weighted by Gasteiger charge is -2.05. The second kappa shape index (κ2) is 2.48. The van der Waals surface area contributed by atoms with Gasteiger partial charge in [-0.25, -0.2) is 0 Å². The molecule has 3 heteroatoms. The Morgan fingerprint density at radius 2 is 2.00 bits per heavy atom. The first kappa shape index (κ1) is 7.38. The maximum Gasteiger partial charge on any atom is 0.285 e. The van der Waals surface area contributed by atoms with Gasteiger partial charge in [0.1, 0.15) is 0 Å². The zero-order valence-electron chi connectivity index (χ0n) is 6.72. The summed E-state index contributed by atoms with van der Waals surface area (Å²) in [5.74, 6) is 0. The van der Waals surface area contributed by atoms with Gasteiger partial charge in [-0.15, -0.1) is 0 Å². The summed E-state index contributed by atoms with van der Waals surface area (Å²) in [7, 11) is 0. The summed E-state index contributed by atoms with van der Waals surface area (Å²) in [4.78, 5) is 1.95. The molecule has 1 saturated heterocycles. The Kier molecular flexibility index (Phi) is 1.83. The van der Waals surface area contributed by atoms with Gasteiger partial charge in [0.25, 0.3) is 6.02 Å². The lowest BCUT2D eigenvalue weighted by atomic mass is 10.4. The van der Waals surface area contributed by atoms with E-state index in [0.717, 1.165) is 0 Å². The molecule has 58 valence electrons. The van der Waals surface area contributed by atoms with E-state index in [1.54, 1.807) is 0 Å². The van der Waals surface area contributed by atoms with Crippen LogP contribution in [0.25, 0.3) is 0 Å². The summed E-state index contributed by atoms with van der Waals surface area (Å²) in [5, 5.41) is 7.37. The number of rotatable bonds is 1. The largest absolute Gasteiger partial charge is 0.466 e. The zero-order chi connectivity index (χ0) is 7.72. The van der Waals surface area contributed by atoms with Crippen molar-refractivity contribution < 1.29 is 4.74 Å². The highest BCUT2D eigenvalue weighted by molar-refractivity contribution is 5.74. The van der Waals surface area contributed by atoms with E-state index < -0.39 is 0 Å². The van der Waals surface area contributed by atoms with Gasteiger partial charge in [0.2, 0.25) is 0 Å². The summed E-state index contributed by atoms with van der Waals surface area (Å²) < 4.78 is 5.02. The fourth-order valence-electron chi connectivity index (χ4n) is 1.08. The third kappa shape index (κ3) is 1.08. The fraction of sp³-hybridized carbons (Fsp3) is 0.857. The van der Waals surface area contributed by atoms with E-state index in [1.165, 1.54) is 0 Å². The van der Waals surface area contributed by atoms with Crippen LogP contribution in [0, 0.1) is 5.41 Å². The fourth-order valence-corrected chi connectivity index (χ4v) is 1.08. The second-order valence-electron chi connectivity index (χ2n) is 2.63. The van der Waals surface area contributed by atoms with Crippen molar-refractivity contribution in [2.45, 2.75) is 32.9 Å². The molecule has 0 aliphatic carbocycles. The van der Waals surface area contributed by atoms with Crippen LogP contribution in [0.4, 0.5) is 0 Å². The van der Waals surface area contributed by atoms with Gasteiger partial charge in [-0.3, -0.25) is 5.41 Å². The van der Waals surface area contributed by atoms with E-state index in [-0.39, 0.29) is 0 Å². The summed E-state index contributed by atoms with van der Waals surface area (Å²) in [6.07, 6.45) is 0. The maximum atomic E-state index is 7.37. The molecular formula is C7H14N2O. The summed E-state index contributed by atoms with van der Waals surface area (Å²) in [6, 6.07) is 1.32. The molecule has 3 nitrogen and oxygen atoms in total. The Morgan fingerprint density at radius 1 is 1.50 bits per heavy atom. The standard InChI is InChI=1S/C7H14N2O/c1-4-10-7(8)9-5(2)6(9)3/h5-6,8H,4H2,1-3H3/t5-,6-/m1/s1. The van der Waals surface area contributed by atoms with Crippen molar-refractivity contribution >= 4 is 6.02 Å². The molecule has 0 aromatic rings. The molecule has 0 amide bonds. The molecule has 1 N–H and O–H groups in total. The highest BCUT2D eigenvalue weighted by Crippen LogP contribution is 2.26. The maximum absolute atomic E-state index is 7.37. The van der Waals surface area contributed by atoms with E-state index in [0.29, 0.717) is 24.7 Å². The van der Waals surface area contributed by atoms with Crippen molar-refractivity contribution in [2.75, 3.05) is 6.61 Å². The highest BCUT2D eigenvalue weighted by Gasteiger charge is 2.42. The number of hydrogen-bond donors (Lipinski definition) is 1. The van der Waals surface area contributed by atoms with Crippen molar-refractivity contribution in [2.24, 2.45) is 0 Å². The first-order chi connectivity index (χ1) is 4.68. The zero-order valence-corrected chi connectivity index (χ0v) is 6.72. The minimum atomic E-state index is 0.322. The summed E-state index contributed by atoms with van der Waals surface area (Å²) in [6.45, 7) is 6.68. The third-order valence-corrected chi connectivity index (χ3v) is 2.00. The molecule has 1 fully saturated rings. The van der Waals surface area contributed by atoms with Crippen LogP contribution in [0.2, 0.25) is 0 Å². The van der Waals surface area contributed by atoms with Gasteiger partial charge >= 0.3 is 0 Å². The predicted molar refractivity (Wildman–Crippen MR) is 40.1 cm³/mol. The van der Waals surface area contributed by atoms with Crippen LogP contribution >= 0.6 is 0 Å². The monoisotopic (exact) mass is 142 g/mol. The molecule has 10 heavy (non-hydrogen) atoms. The Hall–Kier alpha value is -0.730. The van der Waals surface area contributed by atoms with Crippen LogP contribution in [0.5, 0.6) is 0 Å². The Labute approximate surface area is 61.5 Å². The number of nitrogens with one attached hydrogen (secondary N) is 1. The summed E-state index contributed by atoms with van der Waals surface area (Å²) >= 11 is 0. The highest BCUT2D eigenvalue weighted by atomic mass is 16.5. The minimum absolute atomic E-state index is 0.322. The molecule has 0 saturated carbocycles. The molecule has 1 heterocycles. The number of amidine groups is 1. The lowest BCUT2D eigenvalue weighted by Crippen LogP contribution is -2.16. The van der Waals surface area contributed by atoms with E-state index in [1.807, 2.05) is 11.8 Å². The molecule has 1 aliphatic rings. The van der Waals surface area contributed by atoms with Crippen molar-refractivity contribution in [1.82, 2.24) is 4.90 Å². The molecular weight excluding hydrogens is 128 g/mol. The van der Waals surface area contributed by atoms with Gasteiger partial charge in [0.15, 0.2) is 0 Å². The first-order valence-corrected chi connectivity index (χ1v) is 3.68. The average Bonchev–Trinajstić information content (AvgIpc) is 2.42. The Balaban J connectivity index is 2.31. The molecule has 0 spiro atoms. The third-order valence-electron chi connectivity index (χ3n) is 2.00. The number of nitrogens with zero attached hydrogens (tertiary/aromatic N) is 1. The van der Waals surface area contributed by atoms with Crippen molar-refractivity contribution in [3.05, 3.63) is 0 Å². The SMILES string of the molecule is CCOC(=N)N1[C@H](C)[C@H]1C. The predicted octanol–water partition coefficient (Wildman–Crippen LogP) is 1.05. The molecule has 0 aromatic carbocycles. The van der Waals surface area contributed by atoms with Crippen LogP contribution in [0.3, 0.4) is 0 Å². The Morgan fingerprint density at radius 3 is 2.30 bits per heavy atom. The van der Waals surface area contributed by atoms with Crippen molar-refractivity contribution in [1.29, 1.82) is 5.41 Å². The van der Waals surface area contributed by atoms with E-state index in [2.05, 4.69) is 13.8 Å². The quantitative estimate of drug-likeness (QED) is 0.337. The second-order valence-corrected chi connectivity index (χ2v) is 2.63. The molecule has 1 aliphatic heterocycles. The number of ether oxygens (including phenoxy) is 1. The smallest absolute Gasteiger partial charge is 0.285 e. The minimum Gasteiger partial charge on any atom is -0.466 e. The van der Waals surface area contributed by atoms with Gasteiger partial charge in [-0.2, -0.15) is 0 Å². The van der Waals surface area contributed by atoms with Gasteiger partial charge in [0.05, 0.1) is 18.7 Å². The first-order valence-electron chi connectivity index (χ1n) is 3.68. The molecule has 1 rings (SSSR count). The van der Waals surface area contributed by atoms with E-state index in [4.69, 9.17) is 10.1 Å². The molecule has 0 aromatic heterocycles. The van der Waals surface area contributed by atoms with Crippen LogP contribution < -0.4 is 0 Å². The Bertz CT molecular complexity index is 139. The van der Waals surface area contributed by atoms with Crippen LogP contribution in [0.1, 0.15) is 20.8 Å². The molecule has 2 atom stereocenters. The lowest BCUT2D eigenvalue weighted by molar-refractivity contribution is 0.284. The summed E-state index contributed by atoms with van der Waals surface area (Å²) in [5.41, 5.74) is 0. The van der Waals surface area contributed by atoms with Gasteiger partial charge < -0.3 is 9.64 Å². The molecule has 0 unspecified atom stereocenters. The van der Waals surface area contributed by atoms with E-state index in [9.17, 15) is 0 Å². The van der Waals surface area contributed by atoms with Crippen molar-refractivity contribution in [3.8, 4) is 0 Å². The normalized spacial score (nSPS) is 30.1. The van der Waals surface area contributed by atoms with Gasteiger partial charge in [-0.1, -0.05) is 0 Å². The van der Waals surface area contributed by atoms with Gasteiger partial charge in [-0.05, 0) is 20.8 Å². The number of hydrogen-bond acceptors (Lipinski definition) is 2. The van der Waals surface area contributed by atoms with Gasteiger partial charge in [0, 0.05) is 0 Å².